The van der Waals surface area contributed by atoms with Crippen LogP contribution >= 0.6 is 0 Å². The fourth-order valence-corrected chi connectivity index (χ4v) is 3.90. The van der Waals surface area contributed by atoms with Crippen molar-refractivity contribution in [1.82, 2.24) is 19.4 Å². The molecule has 3 aromatic rings. The summed E-state index contributed by atoms with van der Waals surface area (Å²) >= 11 is 0. The van der Waals surface area contributed by atoms with Gasteiger partial charge in [0.05, 0.1) is 36.2 Å². The lowest BCUT2D eigenvalue weighted by atomic mass is 10.1. The molecule has 1 fully saturated rings. The Balaban J connectivity index is 1.72. The van der Waals surface area contributed by atoms with Crippen molar-refractivity contribution in [3.8, 4) is 0 Å². The Labute approximate surface area is 167 Å². The van der Waals surface area contributed by atoms with E-state index in [1.807, 2.05) is 13.8 Å². The van der Waals surface area contributed by atoms with Gasteiger partial charge in [-0.2, -0.15) is 0 Å². The molecule has 6 nitrogen and oxygen atoms in total. The summed E-state index contributed by atoms with van der Waals surface area (Å²) in [6.45, 7) is 4.62. The van der Waals surface area contributed by atoms with Crippen LogP contribution in [0.2, 0.25) is 0 Å². The maximum Gasteiger partial charge on any atom is 0.261 e. The predicted octanol–water partition coefficient (Wildman–Crippen LogP) is 4.11. The van der Waals surface area contributed by atoms with Crippen LogP contribution in [0.4, 0.5) is 8.78 Å². The number of fused-ring (bicyclic) bond motifs is 1. The zero-order valence-electron chi connectivity index (χ0n) is 16.5. The molecule has 1 atom stereocenters. The first-order valence-electron chi connectivity index (χ1n) is 9.90. The van der Waals surface area contributed by atoms with Crippen LogP contribution in [0.1, 0.15) is 56.1 Å². The van der Waals surface area contributed by atoms with E-state index in [2.05, 4.69) is 14.9 Å². The summed E-state index contributed by atoms with van der Waals surface area (Å²) in [5.41, 5.74) is 0.110. The number of rotatable bonds is 6. The number of hydrogen-bond donors (Lipinski definition) is 0. The highest BCUT2D eigenvalue weighted by Gasteiger charge is 2.32. The second kappa shape index (κ2) is 8.02. The highest BCUT2D eigenvalue weighted by atomic mass is 19.3. The zero-order valence-corrected chi connectivity index (χ0v) is 16.5. The molecule has 0 N–H and O–H groups in total. The fourth-order valence-electron chi connectivity index (χ4n) is 3.90. The lowest BCUT2D eigenvalue weighted by Crippen LogP contribution is -2.33. The minimum Gasteiger partial charge on any atom is -0.444 e. The monoisotopic (exact) mass is 402 g/mol. The third-order valence-electron chi connectivity index (χ3n) is 5.35. The van der Waals surface area contributed by atoms with Crippen molar-refractivity contribution in [1.29, 1.82) is 0 Å². The first-order chi connectivity index (χ1) is 13.9. The standard InChI is InChI=1S/C21H24F2N4O2/c1-13(2)17-10-24-19(29-17)12-26-9-5-8-16(26)20-25-15-7-4-3-6-14(15)21(28)27(20)11-18(22)23/h3-4,6-7,10,13,16,18H,5,8-9,11-12H2,1-2H3. The minimum atomic E-state index is -2.63. The van der Waals surface area contributed by atoms with Crippen LogP contribution in [-0.4, -0.2) is 32.4 Å². The van der Waals surface area contributed by atoms with Crippen molar-refractivity contribution < 1.29 is 13.2 Å². The predicted molar refractivity (Wildman–Crippen MR) is 105 cm³/mol. The maximum atomic E-state index is 13.3. The molecular formula is C21H24F2N4O2. The normalized spacial score (nSPS) is 17.8. The number of likely N-dealkylation sites (tertiary alicyclic amines) is 1. The number of aromatic nitrogens is 3. The Morgan fingerprint density at radius 1 is 1.28 bits per heavy atom. The molecule has 3 heterocycles. The van der Waals surface area contributed by atoms with Crippen molar-refractivity contribution in [2.45, 2.75) is 58.2 Å². The van der Waals surface area contributed by atoms with Crippen molar-refractivity contribution in [2.75, 3.05) is 6.54 Å². The van der Waals surface area contributed by atoms with E-state index >= 15 is 0 Å². The van der Waals surface area contributed by atoms with Gasteiger partial charge in [-0.25, -0.2) is 18.7 Å². The SMILES string of the molecule is CC(C)c1cnc(CN2CCCC2c2nc3ccccc3c(=O)n2CC(F)F)o1. The Bertz CT molecular complexity index is 1060. The Morgan fingerprint density at radius 2 is 2.07 bits per heavy atom. The molecule has 1 unspecified atom stereocenters. The van der Waals surface area contributed by atoms with Gasteiger partial charge in [-0.3, -0.25) is 14.3 Å². The second-order valence-corrected chi connectivity index (χ2v) is 7.73. The molecule has 8 heteroatoms. The van der Waals surface area contributed by atoms with Gasteiger partial charge in [0.2, 0.25) is 5.89 Å². The lowest BCUT2D eigenvalue weighted by molar-refractivity contribution is 0.119. The van der Waals surface area contributed by atoms with Crippen molar-refractivity contribution in [2.24, 2.45) is 0 Å². The highest BCUT2D eigenvalue weighted by Crippen LogP contribution is 2.33. The quantitative estimate of drug-likeness (QED) is 0.621. The van der Waals surface area contributed by atoms with Crippen LogP contribution in [0.5, 0.6) is 0 Å². The summed E-state index contributed by atoms with van der Waals surface area (Å²) in [5.74, 6) is 2.03. The summed E-state index contributed by atoms with van der Waals surface area (Å²) in [5, 5.41) is 0.357. The van der Waals surface area contributed by atoms with E-state index < -0.39 is 18.5 Å². The van der Waals surface area contributed by atoms with Crippen molar-refractivity contribution >= 4 is 10.9 Å². The van der Waals surface area contributed by atoms with E-state index in [4.69, 9.17) is 4.42 Å². The van der Waals surface area contributed by atoms with Gasteiger partial charge in [-0.1, -0.05) is 26.0 Å². The number of hydrogen-bond acceptors (Lipinski definition) is 5. The number of oxazole rings is 1. The van der Waals surface area contributed by atoms with E-state index in [1.54, 1.807) is 30.5 Å². The fraction of sp³-hybridized carbons (Fsp3) is 0.476. The van der Waals surface area contributed by atoms with Crippen LogP contribution < -0.4 is 5.56 Å². The third kappa shape index (κ3) is 3.94. The van der Waals surface area contributed by atoms with Gasteiger partial charge in [0, 0.05) is 5.92 Å². The molecule has 1 aromatic carbocycles. The van der Waals surface area contributed by atoms with E-state index in [1.165, 1.54) is 0 Å². The smallest absolute Gasteiger partial charge is 0.261 e. The topological polar surface area (TPSA) is 64.2 Å². The average Bonchev–Trinajstić information content (AvgIpc) is 3.34. The summed E-state index contributed by atoms with van der Waals surface area (Å²) in [6, 6.07) is 6.65. The average molecular weight is 402 g/mol. The van der Waals surface area contributed by atoms with E-state index in [0.29, 0.717) is 29.2 Å². The molecule has 0 aliphatic carbocycles. The summed E-state index contributed by atoms with van der Waals surface area (Å²) in [7, 11) is 0. The number of nitrogens with zero attached hydrogens (tertiary/aromatic N) is 4. The van der Waals surface area contributed by atoms with Gasteiger partial charge in [-0.05, 0) is 31.5 Å². The molecule has 154 valence electrons. The molecule has 4 rings (SSSR count). The van der Waals surface area contributed by atoms with Crippen LogP contribution in [0.15, 0.2) is 39.7 Å². The summed E-state index contributed by atoms with van der Waals surface area (Å²) in [4.78, 5) is 24.0. The maximum absolute atomic E-state index is 13.3. The molecule has 0 saturated carbocycles. The van der Waals surface area contributed by atoms with Gasteiger partial charge in [0.1, 0.15) is 11.6 Å². The van der Waals surface area contributed by atoms with E-state index in [0.717, 1.165) is 29.7 Å². The first-order valence-corrected chi connectivity index (χ1v) is 9.90. The largest absolute Gasteiger partial charge is 0.444 e. The highest BCUT2D eigenvalue weighted by molar-refractivity contribution is 5.77. The molecular weight excluding hydrogens is 378 g/mol. The molecule has 1 saturated heterocycles. The van der Waals surface area contributed by atoms with Gasteiger partial charge in [0.15, 0.2) is 0 Å². The molecule has 2 aromatic heterocycles. The molecule has 1 aliphatic rings. The van der Waals surface area contributed by atoms with Crippen molar-refractivity contribution in [3.63, 3.8) is 0 Å². The number of alkyl halides is 2. The van der Waals surface area contributed by atoms with Gasteiger partial charge in [-0.15, -0.1) is 0 Å². The molecule has 0 bridgehead atoms. The number of benzene rings is 1. The molecule has 0 amide bonds. The molecule has 29 heavy (non-hydrogen) atoms. The zero-order chi connectivity index (χ0) is 20.5. The minimum absolute atomic E-state index is 0.236. The Morgan fingerprint density at radius 3 is 2.79 bits per heavy atom. The van der Waals surface area contributed by atoms with Crippen molar-refractivity contribution in [3.05, 3.63) is 58.3 Å². The Kier molecular flexibility index (Phi) is 5.45. The summed E-state index contributed by atoms with van der Waals surface area (Å²) in [6.07, 6.45) is 0.724. The molecule has 0 radical (unpaired) electrons. The lowest BCUT2D eigenvalue weighted by Gasteiger charge is -2.25. The van der Waals surface area contributed by atoms with Gasteiger partial charge in [0.25, 0.3) is 12.0 Å². The first kappa shape index (κ1) is 19.7. The van der Waals surface area contributed by atoms with Gasteiger partial charge >= 0.3 is 0 Å². The Hall–Kier alpha value is -2.61. The molecule has 0 spiro atoms. The van der Waals surface area contributed by atoms with E-state index in [-0.39, 0.29) is 12.0 Å². The molecule has 1 aliphatic heterocycles. The second-order valence-electron chi connectivity index (χ2n) is 7.73. The number of halogens is 2. The van der Waals surface area contributed by atoms with Gasteiger partial charge < -0.3 is 4.42 Å². The third-order valence-corrected chi connectivity index (χ3v) is 5.35. The number of para-hydroxylation sites is 1. The van der Waals surface area contributed by atoms with Crippen LogP contribution in [0.25, 0.3) is 10.9 Å². The van der Waals surface area contributed by atoms with Crippen LogP contribution in [0, 0.1) is 0 Å². The van der Waals surface area contributed by atoms with Crippen LogP contribution in [0.3, 0.4) is 0 Å². The van der Waals surface area contributed by atoms with Crippen LogP contribution in [-0.2, 0) is 13.1 Å². The summed E-state index contributed by atoms with van der Waals surface area (Å²) < 4.78 is 33.5. The van der Waals surface area contributed by atoms with E-state index in [9.17, 15) is 13.6 Å².